The van der Waals surface area contributed by atoms with Gasteiger partial charge in [-0.25, -0.2) is 0 Å². The largest absolute Gasteiger partial charge is 0.391 e. The summed E-state index contributed by atoms with van der Waals surface area (Å²) in [6.07, 6.45) is -5.50. The second-order valence-corrected chi connectivity index (χ2v) is 3.15. The number of ketones is 1. The van der Waals surface area contributed by atoms with Gasteiger partial charge in [-0.05, 0) is 13.8 Å². The van der Waals surface area contributed by atoms with Gasteiger partial charge in [-0.15, -0.1) is 0 Å². The van der Waals surface area contributed by atoms with Gasteiger partial charge in [0.15, 0.2) is 17.7 Å². The van der Waals surface area contributed by atoms with Crippen LogP contribution in [0.15, 0.2) is 0 Å². The van der Waals surface area contributed by atoms with Crippen molar-refractivity contribution in [2.75, 3.05) is 0 Å². The van der Waals surface area contributed by atoms with Crippen molar-refractivity contribution in [2.24, 2.45) is 0 Å². The lowest BCUT2D eigenvalue weighted by Gasteiger charge is -2.33. The lowest BCUT2D eigenvalue weighted by Crippen LogP contribution is -2.61. The highest BCUT2D eigenvalue weighted by Gasteiger charge is 2.49. The summed E-state index contributed by atoms with van der Waals surface area (Å²) in [5.74, 6) is -0.995. The Balaban J connectivity index is 5.08. The van der Waals surface area contributed by atoms with Crippen molar-refractivity contribution in [1.82, 2.24) is 0 Å². The van der Waals surface area contributed by atoms with Crippen LogP contribution in [-0.2, 0) is 9.59 Å². The summed E-state index contributed by atoms with van der Waals surface area (Å²) in [6.45, 7) is 2.02. The molecule has 0 fully saturated rings. The second-order valence-electron chi connectivity index (χ2n) is 3.15. The monoisotopic (exact) mass is 206 g/mol. The fourth-order valence-electron chi connectivity index (χ4n) is 1.06. The Labute approximate surface area is 80.8 Å². The van der Waals surface area contributed by atoms with Gasteiger partial charge in [0.25, 0.3) is 0 Å². The van der Waals surface area contributed by atoms with Crippen molar-refractivity contribution in [3.63, 3.8) is 0 Å². The minimum Gasteiger partial charge on any atom is -0.391 e. The predicted molar refractivity (Wildman–Crippen MR) is 45.4 cm³/mol. The van der Waals surface area contributed by atoms with Gasteiger partial charge in [0.2, 0.25) is 0 Å². The molecule has 0 amide bonds. The van der Waals surface area contributed by atoms with E-state index in [0.29, 0.717) is 0 Å². The van der Waals surface area contributed by atoms with Crippen LogP contribution in [0.3, 0.4) is 0 Å². The first kappa shape index (κ1) is 13.2. The summed E-state index contributed by atoms with van der Waals surface area (Å²) >= 11 is 0. The van der Waals surface area contributed by atoms with Crippen LogP contribution in [-0.4, -0.2) is 56.4 Å². The molecule has 0 aliphatic rings. The third-order valence-corrected chi connectivity index (χ3v) is 2.05. The molecule has 0 heterocycles. The van der Waals surface area contributed by atoms with Crippen molar-refractivity contribution in [2.45, 2.75) is 37.8 Å². The molecule has 0 aromatic heterocycles. The number of Topliss-reactive ketones (excluding diaryl/α,β-unsaturated/α-hetero) is 1. The lowest BCUT2D eigenvalue weighted by molar-refractivity contribution is -0.183. The molecule has 14 heavy (non-hydrogen) atoms. The SMILES string of the molecule is CC(=O)C(O)(C(O)C=O)C(O)C(C)O. The van der Waals surface area contributed by atoms with Crippen LogP contribution >= 0.6 is 0 Å². The van der Waals surface area contributed by atoms with Crippen molar-refractivity contribution >= 4 is 12.1 Å². The Kier molecular flexibility index (Phi) is 4.34. The lowest BCUT2D eigenvalue weighted by atomic mass is 9.84. The van der Waals surface area contributed by atoms with Gasteiger partial charge in [0.1, 0.15) is 12.2 Å². The number of carbonyl (C=O) groups is 2. The highest BCUT2D eigenvalue weighted by Crippen LogP contribution is 2.19. The van der Waals surface area contributed by atoms with Gasteiger partial charge in [-0.2, -0.15) is 0 Å². The molecular formula is C8H14O6. The Morgan fingerprint density at radius 2 is 1.79 bits per heavy atom. The number of rotatable bonds is 5. The van der Waals surface area contributed by atoms with Gasteiger partial charge in [0.05, 0.1) is 6.10 Å². The van der Waals surface area contributed by atoms with E-state index in [1.807, 2.05) is 0 Å². The quantitative estimate of drug-likeness (QED) is 0.373. The smallest absolute Gasteiger partial charge is 0.183 e. The van der Waals surface area contributed by atoms with Crippen molar-refractivity contribution < 1.29 is 30.0 Å². The minimum atomic E-state index is -2.66. The van der Waals surface area contributed by atoms with E-state index in [0.717, 1.165) is 13.8 Å². The van der Waals surface area contributed by atoms with Gasteiger partial charge in [-0.3, -0.25) is 4.79 Å². The highest BCUT2D eigenvalue weighted by molar-refractivity contribution is 5.89. The summed E-state index contributed by atoms with van der Waals surface area (Å²) in [5.41, 5.74) is -2.66. The molecule has 0 aliphatic heterocycles. The standard InChI is InChI=1S/C8H14O6/c1-4(10)7(13)8(14,5(2)11)6(12)3-9/h3-4,6-7,10,12-14H,1-2H3. The van der Waals surface area contributed by atoms with E-state index in [2.05, 4.69) is 0 Å². The second kappa shape index (κ2) is 4.61. The number of aldehydes is 1. The molecule has 6 nitrogen and oxygen atoms in total. The number of aliphatic hydroxyl groups is 4. The van der Waals surface area contributed by atoms with Crippen molar-refractivity contribution in [1.29, 1.82) is 0 Å². The van der Waals surface area contributed by atoms with E-state index in [4.69, 9.17) is 10.2 Å². The maximum absolute atomic E-state index is 11.0. The number of hydrogen-bond donors (Lipinski definition) is 4. The maximum Gasteiger partial charge on any atom is 0.183 e. The van der Waals surface area contributed by atoms with Gasteiger partial charge < -0.3 is 25.2 Å². The molecule has 0 rings (SSSR count). The van der Waals surface area contributed by atoms with Crippen LogP contribution in [0.2, 0.25) is 0 Å². The zero-order valence-corrected chi connectivity index (χ0v) is 7.91. The van der Waals surface area contributed by atoms with E-state index in [9.17, 15) is 19.8 Å². The van der Waals surface area contributed by atoms with Crippen LogP contribution < -0.4 is 0 Å². The van der Waals surface area contributed by atoms with Gasteiger partial charge in [0, 0.05) is 0 Å². The first-order valence-corrected chi connectivity index (χ1v) is 4.01. The Morgan fingerprint density at radius 3 is 2.00 bits per heavy atom. The molecule has 0 aliphatic carbocycles. The van der Waals surface area contributed by atoms with Gasteiger partial charge in [-0.1, -0.05) is 0 Å². The predicted octanol–water partition coefficient (Wildman–Crippen LogP) is -2.39. The number of aliphatic hydroxyl groups excluding tert-OH is 3. The molecule has 0 aromatic rings. The molecule has 4 atom stereocenters. The molecule has 4 N–H and O–H groups in total. The third-order valence-electron chi connectivity index (χ3n) is 2.05. The molecule has 4 unspecified atom stereocenters. The molecule has 0 spiro atoms. The van der Waals surface area contributed by atoms with E-state index in [-0.39, 0.29) is 6.29 Å². The maximum atomic E-state index is 11.0. The van der Waals surface area contributed by atoms with E-state index in [1.165, 1.54) is 0 Å². The normalized spacial score (nSPS) is 21.9. The van der Waals surface area contributed by atoms with E-state index < -0.39 is 29.7 Å². The Morgan fingerprint density at radius 1 is 1.36 bits per heavy atom. The topological polar surface area (TPSA) is 115 Å². The van der Waals surface area contributed by atoms with Crippen LogP contribution in [0.4, 0.5) is 0 Å². The number of carbonyl (C=O) groups excluding carboxylic acids is 2. The minimum absolute atomic E-state index is 0.0764. The molecule has 0 aromatic carbocycles. The third kappa shape index (κ3) is 2.16. The summed E-state index contributed by atoms with van der Waals surface area (Å²) in [5, 5.41) is 36.9. The summed E-state index contributed by atoms with van der Waals surface area (Å²) < 4.78 is 0. The molecule has 6 heteroatoms. The number of hydrogen-bond acceptors (Lipinski definition) is 6. The molecule has 0 radical (unpaired) electrons. The highest BCUT2D eigenvalue weighted by atomic mass is 16.4. The van der Waals surface area contributed by atoms with Gasteiger partial charge >= 0.3 is 0 Å². The molecule has 0 saturated carbocycles. The fourth-order valence-corrected chi connectivity index (χ4v) is 1.06. The zero-order valence-electron chi connectivity index (χ0n) is 7.91. The van der Waals surface area contributed by atoms with Crippen molar-refractivity contribution in [3.05, 3.63) is 0 Å². The molecule has 0 saturated heterocycles. The Hall–Kier alpha value is -0.820. The van der Waals surface area contributed by atoms with Crippen LogP contribution in [0, 0.1) is 0 Å². The first-order valence-electron chi connectivity index (χ1n) is 4.01. The van der Waals surface area contributed by atoms with Crippen LogP contribution in [0.5, 0.6) is 0 Å². The molecular weight excluding hydrogens is 192 g/mol. The average molecular weight is 206 g/mol. The summed E-state index contributed by atoms with van der Waals surface area (Å²) in [7, 11) is 0. The molecule has 82 valence electrons. The molecule has 0 bridgehead atoms. The summed E-state index contributed by atoms with van der Waals surface area (Å²) in [4.78, 5) is 21.2. The summed E-state index contributed by atoms with van der Waals surface area (Å²) in [6, 6.07) is 0. The van der Waals surface area contributed by atoms with Crippen LogP contribution in [0.1, 0.15) is 13.8 Å². The van der Waals surface area contributed by atoms with Crippen LogP contribution in [0.25, 0.3) is 0 Å². The average Bonchev–Trinajstić information content (AvgIpc) is 2.13. The first-order chi connectivity index (χ1) is 6.28. The Bertz CT molecular complexity index is 226. The zero-order chi connectivity index (χ0) is 11.5. The fraction of sp³-hybridized carbons (Fsp3) is 0.750. The van der Waals surface area contributed by atoms with E-state index in [1.54, 1.807) is 0 Å². The van der Waals surface area contributed by atoms with Crippen molar-refractivity contribution in [3.8, 4) is 0 Å². The van der Waals surface area contributed by atoms with E-state index >= 15 is 0 Å².